The summed E-state index contributed by atoms with van der Waals surface area (Å²) in [6, 6.07) is 19.5. The molecule has 0 aliphatic carbocycles. The van der Waals surface area contributed by atoms with Gasteiger partial charge < -0.3 is 10.1 Å². The third-order valence-electron chi connectivity index (χ3n) is 5.64. The Kier molecular flexibility index (Phi) is 9.44. The molecule has 3 aromatic rings. The van der Waals surface area contributed by atoms with Crippen LogP contribution in [0.4, 0.5) is 0 Å². The lowest BCUT2D eigenvalue weighted by atomic mass is 10.1. The molecule has 180 valence electrons. The number of nitrogens with one attached hydrogen (secondary N) is 1. The first-order chi connectivity index (χ1) is 16.5. The molecule has 34 heavy (non-hydrogen) atoms. The Morgan fingerprint density at radius 3 is 2.41 bits per heavy atom. The van der Waals surface area contributed by atoms with E-state index in [1.807, 2.05) is 18.2 Å². The van der Waals surface area contributed by atoms with Gasteiger partial charge in [-0.2, -0.15) is 5.10 Å². The highest BCUT2D eigenvalue weighted by Crippen LogP contribution is 2.18. The Labute approximate surface area is 202 Å². The number of hydrogen-bond donors (Lipinski definition) is 1. The van der Waals surface area contributed by atoms with Gasteiger partial charge in [-0.1, -0.05) is 44.2 Å². The minimum Gasteiger partial charge on any atom is -0.461 e. The van der Waals surface area contributed by atoms with Gasteiger partial charge in [-0.25, -0.2) is 9.48 Å². The lowest BCUT2D eigenvalue weighted by Gasteiger charge is -2.10. The summed E-state index contributed by atoms with van der Waals surface area (Å²) in [5.41, 5.74) is 3.99. The largest absolute Gasteiger partial charge is 0.461 e. The van der Waals surface area contributed by atoms with Gasteiger partial charge in [-0.05, 0) is 80.8 Å². The number of aryl methyl sites for hydroxylation is 2. The van der Waals surface area contributed by atoms with Gasteiger partial charge in [0.05, 0.1) is 12.3 Å². The first kappa shape index (κ1) is 25.2. The molecule has 6 nitrogen and oxygen atoms in total. The summed E-state index contributed by atoms with van der Waals surface area (Å²) >= 11 is 0. The highest BCUT2D eigenvalue weighted by Gasteiger charge is 2.17. The van der Waals surface area contributed by atoms with Crippen molar-refractivity contribution < 1.29 is 14.3 Å². The van der Waals surface area contributed by atoms with Crippen LogP contribution in [0.3, 0.4) is 0 Å². The van der Waals surface area contributed by atoms with Crippen LogP contribution < -0.4 is 5.32 Å². The quantitative estimate of drug-likeness (QED) is 0.290. The van der Waals surface area contributed by atoms with Crippen molar-refractivity contribution in [2.75, 3.05) is 13.2 Å². The first-order valence-electron chi connectivity index (χ1n) is 12.2. The normalized spacial score (nSPS) is 10.9. The van der Waals surface area contributed by atoms with Gasteiger partial charge in [-0.3, -0.25) is 4.79 Å². The second-order valence-electron chi connectivity index (χ2n) is 8.83. The van der Waals surface area contributed by atoms with Crippen molar-refractivity contribution in [3.8, 4) is 5.69 Å². The molecule has 1 aromatic heterocycles. The fourth-order valence-electron chi connectivity index (χ4n) is 3.72. The van der Waals surface area contributed by atoms with Crippen molar-refractivity contribution in [1.29, 1.82) is 0 Å². The fourth-order valence-corrected chi connectivity index (χ4v) is 3.72. The number of hydrogen-bond acceptors (Lipinski definition) is 4. The number of unbranched alkanes of at least 4 members (excludes halogenated alkanes) is 1. The van der Waals surface area contributed by atoms with Crippen molar-refractivity contribution in [2.24, 2.45) is 5.92 Å². The lowest BCUT2D eigenvalue weighted by molar-refractivity contribution is 0.0518. The smallest absolute Gasteiger partial charge is 0.358 e. The highest BCUT2D eigenvalue weighted by atomic mass is 16.5. The van der Waals surface area contributed by atoms with Crippen LogP contribution in [0.15, 0.2) is 60.7 Å². The van der Waals surface area contributed by atoms with E-state index in [2.05, 4.69) is 48.5 Å². The number of aromatic nitrogens is 2. The van der Waals surface area contributed by atoms with Crippen LogP contribution in [0.25, 0.3) is 5.69 Å². The van der Waals surface area contributed by atoms with Crippen molar-refractivity contribution in [1.82, 2.24) is 15.1 Å². The molecular formula is C28H35N3O3. The second kappa shape index (κ2) is 12.7. The number of ether oxygens (including phenoxy) is 1. The Morgan fingerprint density at radius 2 is 1.74 bits per heavy atom. The van der Waals surface area contributed by atoms with Gasteiger partial charge in [0, 0.05) is 17.8 Å². The zero-order chi connectivity index (χ0) is 24.3. The van der Waals surface area contributed by atoms with E-state index >= 15 is 0 Å². The number of rotatable bonds is 12. The first-order valence-corrected chi connectivity index (χ1v) is 12.2. The molecule has 1 N–H and O–H groups in total. The molecule has 0 saturated carbocycles. The Bertz CT molecular complexity index is 1060. The van der Waals surface area contributed by atoms with Crippen LogP contribution in [0.5, 0.6) is 0 Å². The maximum Gasteiger partial charge on any atom is 0.358 e. The number of amides is 1. The third-order valence-corrected chi connectivity index (χ3v) is 5.64. The molecule has 0 aliphatic heterocycles. The summed E-state index contributed by atoms with van der Waals surface area (Å²) in [4.78, 5) is 24.7. The average Bonchev–Trinajstić information content (AvgIpc) is 3.28. The van der Waals surface area contributed by atoms with E-state index in [4.69, 9.17) is 4.74 Å². The molecule has 1 heterocycles. The van der Waals surface area contributed by atoms with Crippen LogP contribution >= 0.6 is 0 Å². The van der Waals surface area contributed by atoms with E-state index in [1.165, 1.54) is 5.56 Å². The van der Waals surface area contributed by atoms with Crippen LogP contribution in [0, 0.1) is 5.92 Å². The van der Waals surface area contributed by atoms with Crippen LogP contribution in [0.2, 0.25) is 0 Å². The van der Waals surface area contributed by atoms with Gasteiger partial charge in [0.1, 0.15) is 0 Å². The highest BCUT2D eigenvalue weighted by molar-refractivity contribution is 5.94. The summed E-state index contributed by atoms with van der Waals surface area (Å²) in [6.45, 7) is 7.07. The molecule has 3 rings (SSSR count). The Morgan fingerprint density at radius 1 is 1.00 bits per heavy atom. The summed E-state index contributed by atoms with van der Waals surface area (Å²) in [5, 5.41) is 7.49. The summed E-state index contributed by atoms with van der Waals surface area (Å²) in [7, 11) is 0. The Hall–Kier alpha value is -3.41. The molecule has 0 spiro atoms. The van der Waals surface area contributed by atoms with E-state index in [1.54, 1.807) is 29.8 Å². The monoisotopic (exact) mass is 461 g/mol. The number of benzene rings is 2. The van der Waals surface area contributed by atoms with Crippen molar-refractivity contribution >= 4 is 11.9 Å². The fraction of sp³-hybridized carbons (Fsp3) is 0.393. The Balaban J connectivity index is 1.60. The van der Waals surface area contributed by atoms with E-state index < -0.39 is 5.97 Å². The van der Waals surface area contributed by atoms with Gasteiger partial charge >= 0.3 is 5.97 Å². The lowest BCUT2D eigenvalue weighted by Crippen LogP contribution is -2.24. The molecule has 0 saturated heterocycles. The zero-order valence-electron chi connectivity index (χ0n) is 20.4. The van der Waals surface area contributed by atoms with Crippen LogP contribution in [-0.4, -0.2) is 34.8 Å². The maximum absolute atomic E-state index is 12.5. The van der Waals surface area contributed by atoms with Gasteiger partial charge in [0.15, 0.2) is 5.69 Å². The molecule has 2 aromatic carbocycles. The average molecular weight is 462 g/mol. The van der Waals surface area contributed by atoms with E-state index in [-0.39, 0.29) is 5.91 Å². The SMILES string of the molecule is CCOC(=O)c1cc(CCC(C)C)n(-c2ccc(C(=O)NCCCCc3ccccc3)cc2)n1. The molecule has 0 radical (unpaired) electrons. The minimum absolute atomic E-state index is 0.0843. The molecule has 6 heteroatoms. The predicted molar refractivity (Wildman–Crippen MR) is 134 cm³/mol. The maximum atomic E-state index is 12.5. The summed E-state index contributed by atoms with van der Waals surface area (Å²) < 4.78 is 6.90. The number of carbonyl (C=O) groups excluding carboxylic acids is 2. The molecule has 1 amide bonds. The van der Waals surface area contributed by atoms with E-state index in [0.29, 0.717) is 30.3 Å². The van der Waals surface area contributed by atoms with Crippen molar-refractivity contribution in [3.05, 3.63) is 83.2 Å². The molecule has 0 atom stereocenters. The van der Waals surface area contributed by atoms with Crippen molar-refractivity contribution in [3.63, 3.8) is 0 Å². The summed E-state index contributed by atoms with van der Waals surface area (Å²) in [5.74, 6) is 0.0300. The van der Waals surface area contributed by atoms with E-state index in [9.17, 15) is 9.59 Å². The molecule has 0 bridgehead atoms. The number of nitrogens with zero attached hydrogens (tertiary/aromatic N) is 2. The van der Waals surface area contributed by atoms with Crippen LogP contribution in [-0.2, 0) is 17.6 Å². The van der Waals surface area contributed by atoms with Crippen molar-refractivity contribution in [2.45, 2.75) is 52.9 Å². The molecule has 0 unspecified atom stereocenters. The predicted octanol–water partition coefficient (Wildman–Crippen LogP) is 5.39. The van der Waals surface area contributed by atoms with Gasteiger partial charge in [0.25, 0.3) is 5.91 Å². The van der Waals surface area contributed by atoms with Crippen LogP contribution in [0.1, 0.15) is 72.1 Å². The van der Waals surface area contributed by atoms with Gasteiger partial charge in [-0.15, -0.1) is 0 Å². The topological polar surface area (TPSA) is 73.2 Å². The third kappa shape index (κ3) is 7.30. The number of carbonyl (C=O) groups is 2. The molecular weight excluding hydrogens is 426 g/mol. The molecule has 0 fully saturated rings. The summed E-state index contributed by atoms with van der Waals surface area (Å²) in [6.07, 6.45) is 4.77. The van der Waals surface area contributed by atoms with E-state index in [0.717, 1.165) is 43.5 Å². The number of esters is 1. The molecule has 0 aliphatic rings. The van der Waals surface area contributed by atoms with Gasteiger partial charge in [0.2, 0.25) is 0 Å². The minimum atomic E-state index is -0.421. The zero-order valence-corrected chi connectivity index (χ0v) is 20.4. The standard InChI is InChI=1S/C28H35N3O3/c1-4-34-28(33)26-20-25(16-13-21(2)3)31(30-26)24-17-14-23(15-18-24)27(32)29-19-9-8-12-22-10-6-5-7-11-22/h5-7,10-11,14-15,17-18,20-21H,4,8-9,12-13,16,19H2,1-3H3,(H,29,32). The second-order valence-corrected chi connectivity index (χ2v) is 8.83.